The molecule has 0 aliphatic rings. The predicted molar refractivity (Wildman–Crippen MR) is 84.1 cm³/mol. The number of benzene rings is 2. The quantitative estimate of drug-likeness (QED) is 0.912. The van der Waals surface area contributed by atoms with Gasteiger partial charge in [0.1, 0.15) is 0 Å². The lowest BCUT2D eigenvalue weighted by Crippen LogP contribution is -2.05. The van der Waals surface area contributed by atoms with Crippen molar-refractivity contribution in [2.24, 2.45) is 0 Å². The zero-order valence-corrected chi connectivity index (χ0v) is 13.0. The number of aliphatic hydroxyl groups is 1. The molecule has 0 spiro atoms. The molecule has 21 heavy (non-hydrogen) atoms. The molecule has 2 aromatic rings. The second-order valence-corrected chi connectivity index (χ2v) is 5.20. The zero-order chi connectivity index (χ0) is 15.4. The van der Waals surface area contributed by atoms with Crippen LogP contribution in [-0.4, -0.2) is 19.3 Å². The minimum absolute atomic E-state index is 0.525. The summed E-state index contributed by atoms with van der Waals surface area (Å²) in [5.74, 6) is 1.38. The number of hydrogen-bond acceptors (Lipinski definition) is 3. The van der Waals surface area contributed by atoms with E-state index < -0.39 is 6.10 Å². The third-order valence-corrected chi connectivity index (χ3v) is 3.88. The maximum atomic E-state index is 10.5. The molecule has 0 fully saturated rings. The number of ether oxygens (including phenoxy) is 2. The average molecular weight is 286 g/mol. The summed E-state index contributed by atoms with van der Waals surface area (Å²) in [5.41, 5.74) is 4.33. The van der Waals surface area contributed by atoms with Crippen molar-refractivity contribution in [1.29, 1.82) is 0 Å². The smallest absolute Gasteiger partial charge is 0.160 e. The van der Waals surface area contributed by atoms with Gasteiger partial charge in [0.25, 0.3) is 0 Å². The normalized spacial score (nSPS) is 12.0. The molecular weight excluding hydrogens is 264 g/mol. The Hall–Kier alpha value is -2.00. The largest absolute Gasteiger partial charge is 0.493 e. The number of methoxy groups -OCH3 is 2. The molecule has 0 aliphatic carbocycles. The molecule has 1 atom stereocenters. The number of hydrogen-bond donors (Lipinski definition) is 1. The third-order valence-electron chi connectivity index (χ3n) is 3.88. The van der Waals surface area contributed by atoms with E-state index in [0.717, 1.165) is 16.7 Å². The highest BCUT2D eigenvalue weighted by Crippen LogP contribution is 2.30. The molecule has 1 unspecified atom stereocenters. The molecule has 0 aliphatic heterocycles. The zero-order valence-electron chi connectivity index (χ0n) is 13.0. The van der Waals surface area contributed by atoms with Gasteiger partial charge in [0.15, 0.2) is 11.5 Å². The molecule has 2 rings (SSSR count). The van der Waals surface area contributed by atoms with Crippen molar-refractivity contribution in [3.05, 3.63) is 58.7 Å². The summed E-state index contributed by atoms with van der Waals surface area (Å²) in [6, 6.07) is 11.7. The molecule has 0 saturated carbocycles. The topological polar surface area (TPSA) is 38.7 Å². The van der Waals surface area contributed by atoms with Crippen LogP contribution < -0.4 is 9.47 Å². The van der Waals surface area contributed by atoms with E-state index in [2.05, 4.69) is 13.0 Å². The summed E-state index contributed by atoms with van der Waals surface area (Å²) in [6.45, 7) is 4.10. The first kappa shape index (κ1) is 15.4. The fourth-order valence-corrected chi connectivity index (χ4v) is 2.48. The van der Waals surface area contributed by atoms with Gasteiger partial charge in [-0.25, -0.2) is 0 Å². The van der Waals surface area contributed by atoms with Crippen LogP contribution in [0.25, 0.3) is 0 Å². The summed E-state index contributed by atoms with van der Waals surface area (Å²) in [6.07, 6.45) is 0.0213. The van der Waals surface area contributed by atoms with Crippen LogP contribution in [0.4, 0.5) is 0 Å². The van der Waals surface area contributed by atoms with Crippen LogP contribution in [0.1, 0.15) is 28.4 Å². The Morgan fingerprint density at radius 3 is 2.38 bits per heavy atom. The first-order valence-corrected chi connectivity index (χ1v) is 7.02. The van der Waals surface area contributed by atoms with Gasteiger partial charge in [0.2, 0.25) is 0 Å². The van der Waals surface area contributed by atoms with Gasteiger partial charge in [0.05, 0.1) is 20.3 Å². The van der Waals surface area contributed by atoms with E-state index in [-0.39, 0.29) is 0 Å². The highest BCUT2D eigenvalue weighted by Gasteiger charge is 2.13. The Kier molecular flexibility index (Phi) is 4.86. The molecule has 2 aromatic carbocycles. The number of aliphatic hydroxyl groups excluding tert-OH is 1. The van der Waals surface area contributed by atoms with Gasteiger partial charge in [-0.1, -0.05) is 24.3 Å². The van der Waals surface area contributed by atoms with Crippen LogP contribution in [0, 0.1) is 13.8 Å². The molecule has 0 aromatic heterocycles. The molecule has 112 valence electrons. The monoisotopic (exact) mass is 286 g/mol. The van der Waals surface area contributed by atoms with Gasteiger partial charge < -0.3 is 14.6 Å². The fraction of sp³-hybridized carbons (Fsp3) is 0.333. The van der Waals surface area contributed by atoms with Gasteiger partial charge in [0, 0.05) is 6.42 Å². The van der Waals surface area contributed by atoms with Crippen molar-refractivity contribution in [2.75, 3.05) is 14.2 Å². The SMILES string of the molecule is COc1ccc(CC(O)c2cccc(C)c2C)cc1OC. The minimum Gasteiger partial charge on any atom is -0.493 e. The van der Waals surface area contributed by atoms with Crippen molar-refractivity contribution in [1.82, 2.24) is 0 Å². The van der Waals surface area contributed by atoms with Crippen LogP contribution >= 0.6 is 0 Å². The second-order valence-electron chi connectivity index (χ2n) is 5.20. The molecule has 0 saturated heterocycles. The van der Waals surface area contributed by atoms with Gasteiger partial charge >= 0.3 is 0 Å². The van der Waals surface area contributed by atoms with Crippen molar-refractivity contribution in [2.45, 2.75) is 26.4 Å². The highest BCUT2D eigenvalue weighted by atomic mass is 16.5. The fourth-order valence-electron chi connectivity index (χ4n) is 2.48. The second kappa shape index (κ2) is 6.64. The van der Waals surface area contributed by atoms with Gasteiger partial charge in [-0.3, -0.25) is 0 Å². The van der Waals surface area contributed by atoms with Crippen molar-refractivity contribution in [3.63, 3.8) is 0 Å². The first-order chi connectivity index (χ1) is 10.1. The van der Waals surface area contributed by atoms with E-state index in [0.29, 0.717) is 17.9 Å². The third kappa shape index (κ3) is 3.37. The Bertz CT molecular complexity index is 620. The molecule has 3 nitrogen and oxygen atoms in total. The van der Waals surface area contributed by atoms with Crippen LogP contribution in [0.5, 0.6) is 11.5 Å². The van der Waals surface area contributed by atoms with Crippen LogP contribution in [-0.2, 0) is 6.42 Å². The van der Waals surface area contributed by atoms with Crippen LogP contribution in [0.15, 0.2) is 36.4 Å². The maximum absolute atomic E-state index is 10.5. The van der Waals surface area contributed by atoms with E-state index >= 15 is 0 Å². The molecule has 3 heteroatoms. The summed E-state index contributed by atoms with van der Waals surface area (Å²) in [7, 11) is 3.23. The molecule has 1 N–H and O–H groups in total. The summed E-state index contributed by atoms with van der Waals surface area (Å²) < 4.78 is 10.5. The Morgan fingerprint density at radius 1 is 1.00 bits per heavy atom. The van der Waals surface area contributed by atoms with E-state index in [1.807, 2.05) is 37.3 Å². The van der Waals surface area contributed by atoms with Crippen LogP contribution in [0.3, 0.4) is 0 Å². The van der Waals surface area contributed by atoms with Crippen molar-refractivity contribution in [3.8, 4) is 11.5 Å². The van der Waals surface area contributed by atoms with E-state index in [1.165, 1.54) is 5.56 Å². The Balaban J connectivity index is 2.23. The van der Waals surface area contributed by atoms with E-state index in [4.69, 9.17) is 9.47 Å². The lowest BCUT2D eigenvalue weighted by Gasteiger charge is -2.16. The Labute approximate surface area is 126 Å². The molecule has 0 amide bonds. The number of aryl methyl sites for hydroxylation is 1. The average Bonchev–Trinajstić information content (AvgIpc) is 2.49. The number of rotatable bonds is 5. The molecular formula is C18H22O3. The van der Waals surface area contributed by atoms with E-state index in [1.54, 1.807) is 14.2 Å². The summed E-state index contributed by atoms with van der Waals surface area (Å²) in [5, 5.41) is 10.5. The van der Waals surface area contributed by atoms with Gasteiger partial charge in [-0.05, 0) is 48.2 Å². The minimum atomic E-state index is -0.525. The lowest BCUT2D eigenvalue weighted by molar-refractivity contribution is 0.177. The summed E-state index contributed by atoms with van der Waals surface area (Å²) in [4.78, 5) is 0. The van der Waals surface area contributed by atoms with Crippen molar-refractivity contribution < 1.29 is 14.6 Å². The van der Waals surface area contributed by atoms with Gasteiger partial charge in [-0.15, -0.1) is 0 Å². The van der Waals surface area contributed by atoms with E-state index in [9.17, 15) is 5.11 Å². The Morgan fingerprint density at radius 2 is 1.71 bits per heavy atom. The standard InChI is InChI=1S/C18H22O3/c1-12-6-5-7-15(13(12)2)16(19)10-14-8-9-17(20-3)18(11-14)21-4/h5-9,11,16,19H,10H2,1-4H3. The van der Waals surface area contributed by atoms with Crippen LogP contribution in [0.2, 0.25) is 0 Å². The summed E-state index contributed by atoms with van der Waals surface area (Å²) >= 11 is 0. The highest BCUT2D eigenvalue weighted by molar-refractivity contribution is 5.43. The van der Waals surface area contributed by atoms with Gasteiger partial charge in [-0.2, -0.15) is 0 Å². The molecule has 0 bridgehead atoms. The first-order valence-electron chi connectivity index (χ1n) is 7.02. The maximum Gasteiger partial charge on any atom is 0.160 e. The lowest BCUT2D eigenvalue weighted by atomic mass is 9.95. The van der Waals surface area contributed by atoms with Crippen molar-refractivity contribution >= 4 is 0 Å². The predicted octanol–water partition coefficient (Wildman–Crippen LogP) is 3.60. The molecule has 0 heterocycles. The molecule has 0 radical (unpaired) electrons.